The van der Waals surface area contributed by atoms with E-state index in [1.807, 2.05) is 0 Å². The molecule has 0 aromatic rings. The van der Waals surface area contributed by atoms with Crippen molar-refractivity contribution in [3.05, 3.63) is 0 Å². The van der Waals surface area contributed by atoms with E-state index in [0.717, 1.165) is 5.92 Å². The zero-order valence-electron chi connectivity index (χ0n) is 5.43. The molecule has 0 aliphatic heterocycles. The number of rotatable bonds is 0. The Morgan fingerprint density at radius 1 is 1.38 bits per heavy atom. The molecule has 1 aliphatic rings. The minimum atomic E-state index is 0.707. The molecule has 0 aromatic carbocycles. The van der Waals surface area contributed by atoms with Crippen molar-refractivity contribution in [3.8, 4) is 0 Å². The maximum absolute atomic E-state index is 4.42. The highest BCUT2D eigenvalue weighted by Crippen LogP contribution is 2.26. The predicted octanol–water partition coefficient (Wildman–Crippen LogP) is 2.49. The highest BCUT2D eigenvalue weighted by molar-refractivity contribution is 7.80. The molecule has 0 saturated heterocycles. The third-order valence-electron chi connectivity index (χ3n) is 1.91. The molecule has 0 nitrogen and oxygen atoms in total. The van der Waals surface area contributed by atoms with Gasteiger partial charge in [-0.25, -0.2) is 0 Å². The molecule has 0 heterocycles. The first-order valence-electron chi connectivity index (χ1n) is 3.47. The molecule has 8 heavy (non-hydrogen) atoms. The van der Waals surface area contributed by atoms with E-state index in [2.05, 4.69) is 19.6 Å². The Labute approximate surface area is 57.1 Å². The van der Waals surface area contributed by atoms with Gasteiger partial charge in [0.2, 0.25) is 0 Å². The number of hydrogen-bond acceptors (Lipinski definition) is 1. The van der Waals surface area contributed by atoms with Gasteiger partial charge in [0.1, 0.15) is 0 Å². The maximum Gasteiger partial charge on any atom is 0.00193 e. The van der Waals surface area contributed by atoms with Crippen LogP contribution in [0.3, 0.4) is 0 Å². The molecular formula is C7H14S. The van der Waals surface area contributed by atoms with Gasteiger partial charge in [0.05, 0.1) is 0 Å². The molecule has 1 fully saturated rings. The van der Waals surface area contributed by atoms with E-state index in [4.69, 9.17) is 0 Å². The van der Waals surface area contributed by atoms with Gasteiger partial charge >= 0.3 is 0 Å². The fourth-order valence-corrected chi connectivity index (χ4v) is 1.94. The Balaban J connectivity index is 2.23. The summed E-state index contributed by atoms with van der Waals surface area (Å²) in [5.74, 6) is 0.936. The van der Waals surface area contributed by atoms with Gasteiger partial charge in [0, 0.05) is 5.25 Å². The molecule has 1 rings (SSSR count). The first-order chi connectivity index (χ1) is 3.79. The lowest BCUT2D eigenvalue weighted by molar-refractivity contribution is 0.395. The molecule has 1 saturated carbocycles. The normalized spacial score (nSPS) is 39.8. The van der Waals surface area contributed by atoms with Crippen LogP contribution in [-0.2, 0) is 0 Å². The smallest absolute Gasteiger partial charge is 0.00193 e. The summed E-state index contributed by atoms with van der Waals surface area (Å²) in [5, 5.41) is 0.707. The van der Waals surface area contributed by atoms with Gasteiger partial charge in [0.25, 0.3) is 0 Å². The number of thiol groups is 1. The van der Waals surface area contributed by atoms with Crippen LogP contribution in [0.15, 0.2) is 0 Å². The Morgan fingerprint density at radius 2 is 2.12 bits per heavy atom. The van der Waals surface area contributed by atoms with E-state index in [1.165, 1.54) is 25.7 Å². The van der Waals surface area contributed by atoms with Crippen molar-refractivity contribution in [2.24, 2.45) is 5.92 Å². The van der Waals surface area contributed by atoms with Gasteiger partial charge in [-0.1, -0.05) is 19.8 Å². The van der Waals surface area contributed by atoms with Crippen LogP contribution in [0.1, 0.15) is 32.6 Å². The lowest BCUT2D eigenvalue weighted by Gasteiger charge is -2.22. The first-order valence-corrected chi connectivity index (χ1v) is 3.98. The van der Waals surface area contributed by atoms with Gasteiger partial charge < -0.3 is 0 Å². The summed E-state index contributed by atoms with van der Waals surface area (Å²) < 4.78 is 0. The van der Waals surface area contributed by atoms with Crippen LogP contribution in [0.5, 0.6) is 0 Å². The monoisotopic (exact) mass is 130 g/mol. The van der Waals surface area contributed by atoms with Crippen molar-refractivity contribution in [2.75, 3.05) is 0 Å². The molecule has 1 aliphatic carbocycles. The van der Waals surface area contributed by atoms with Crippen LogP contribution >= 0.6 is 12.6 Å². The number of hydrogen-bond donors (Lipinski definition) is 1. The second-order valence-corrected chi connectivity index (χ2v) is 3.66. The molecule has 0 amide bonds. The summed E-state index contributed by atoms with van der Waals surface area (Å²) in [6, 6.07) is 0. The Hall–Kier alpha value is 0.350. The van der Waals surface area contributed by atoms with Crippen LogP contribution in [0.4, 0.5) is 0 Å². The molecule has 0 N–H and O–H groups in total. The summed E-state index contributed by atoms with van der Waals surface area (Å²) in [7, 11) is 0. The largest absolute Gasteiger partial charge is 0.176 e. The summed E-state index contributed by atoms with van der Waals surface area (Å²) in [5.41, 5.74) is 0. The van der Waals surface area contributed by atoms with Crippen molar-refractivity contribution in [1.29, 1.82) is 0 Å². The van der Waals surface area contributed by atoms with Crippen LogP contribution < -0.4 is 0 Å². The van der Waals surface area contributed by atoms with E-state index < -0.39 is 0 Å². The topological polar surface area (TPSA) is 0 Å². The minimum Gasteiger partial charge on any atom is -0.176 e. The van der Waals surface area contributed by atoms with E-state index in [-0.39, 0.29) is 0 Å². The second-order valence-electron chi connectivity index (χ2n) is 2.93. The molecule has 1 heteroatoms. The lowest BCUT2D eigenvalue weighted by Crippen LogP contribution is -2.12. The quantitative estimate of drug-likeness (QED) is 0.478. The second kappa shape index (κ2) is 2.77. The van der Waals surface area contributed by atoms with E-state index >= 15 is 0 Å². The lowest BCUT2D eigenvalue weighted by atomic mass is 9.91. The van der Waals surface area contributed by atoms with E-state index in [9.17, 15) is 0 Å². The van der Waals surface area contributed by atoms with Crippen LogP contribution in [0, 0.1) is 5.92 Å². The zero-order chi connectivity index (χ0) is 5.98. The third kappa shape index (κ3) is 1.70. The average Bonchev–Trinajstić information content (AvgIpc) is 1.64. The minimum absolute atomic E-state index is 0.707. The standard InChI is InChI=1S/C7H14S/c1-6-3-2-4-7(8)5-6/h6-8H,2-5H2,1H3/t6-,7?/m1/s1. The molecule has 2 atom stereocenters. The molecule has 0 radical (unpaired) electrons. The van der Waals surface area contributed by atoms with Gasteiger partial charge in [-0.15, -0.1) is 0 Å². The van der Waals surface area contributed by atoms with Gasteiger partial charge in [0.15, 0.2) is 0 Å². The van der Waals surface area contributed by atoms with E-state index in [1.54, 1.807) is 0 Å². The van der Waals surface area contributed by atoms with Crippen LogP contribution in [0.2, 0.25) is 0 Å². The fourth-order valence-electron chi connectivity index (χ4n) is 1.40. The van der Waals surface area contributed by atoms with Crippen molar-refractivity contribution < 1.29 is 0 Å². The summed E-state index contributed by atoms with van der Waals surface area (Å²) >= 11 is 4.42. The van der Waals surface area contributed by atoms with Crippen LogP contribution in [0.25, 0.3) is 0 Å². The summed E-state index contributed by atoms with van der Waals surface area (Å²) in [6.07, 6.45) is 5.50. The van der Waals surface area contributed by atoms with Crippen molar-refractivity contribution >= 4 is 12.6 Å². The highest BCUT2D eigenvalue weighted by atomic mass is 32.1. The Bertz CT molecular complexity index is 62.8. The molecule has 0 bridgehead atoms. The Morgan fingerprint density at radius 3 is 2.50 bits per heavy atom. The van der Waals surface area contributed by atoms with Gasteiger partial charge in [-0.3, -0.25) is 0 Å². The van der Waals surface area contributed by atoms with Gasteiger partial charge in [-0.2, -0.15) is 12.6 Å². The van der Waals surface area contributed by atoms with Gasteiger partial charge in [-0.05, 0) is 18.8 Å². The molecular weight excluding hydrogens is 116 g/mol. The summed E-state index contributed by atoms with van der Waals surface area (Å²) in [4.78, 5) is 0. The van der Waals surface area contributed by atoms with E-state index in [0.29, 0.717) is 5.25 Å². The third-order valence-corrected chi connectivity index (χ3v) is 2.38. The molecule has 1 unspecified atom stereocenters. The van der Waals surface area contributed by atoms with Crippen LogP contribution in [-0.4, -0.2) is 5.25 Å². The predicted molar refractivity (Wildman–Crippen MR) is 40.4 cm³/mol. The van der Waals surface area contributed by atoms with Crippen molar-refractivity contribution in [1.82, 2.24) is 0 Å². The fraction of sp³-hybridized carbons (Fsp3) is 1.00. The average molecular weight is 130 g/mol. The maximum atomic E-state index is 4.42. The molecule has 48 valence electrons. The first kappa shape index (κ1) is 6.47. The SMILES string of the molecule is C[C@@H]1CCCC(S)C1. The molecule has 0 aromatic heterocycles. The molecule has 0 spiro atoms. The highest BCUT2D eigenvalue weighted by Gasteiger charge is 2.14. The van der Waals surface area contributed by atoms with Crippen molar-refractivity contribution in [3.63, 3.8) is 0 Å². The summed E-state index contributed by atoms with van der Waals surface area (Å²) in [6.45, 7) is 2.32. The van der Waals surface area contributed by atoms with Crippen molar-refractivity contribution in [2.45, 2.75) is 37.9 Å². The Kier molecular flexibility index (Phi) is 2.24. The zero-order valence-corrected chi connectivity index (χ0v) is 6.32.